The summed E-state index contributed by atoms with van der Waals surface area (Å²) in [5, 5.41) is 0. The normalized spacial score (nSPS) is 27.4. The average Bonchev–Trinajstić information content (AvgIpc) is 3.47. The molecular formula is C19H18O5. The van der Waals surface area contributed by atoms with Crippen molar-refractivity contribution in [2.75, 3.05) is 0 Å². The molecule has 5 nitrogen and oxygen atoms in total. The van der Waals surface area contributed by atoms with Crippen LogP contribution in [0.4, 0.5) is 4.79 Å². The summed E-state index contributed by atoms with van der Waals surface area (Å²) < 4.78 is 21.7. The van der Waals surface area contributed by atoms with Crippen molar-refractivity contribution in [3.05, 3.63) is 59.7 Å². The number of ether oxygens (including phenoxy) is 4. The van der Waals surface area contributed by atoms with E-state index < -0.39 is 6.16 Å². The Morgan fingerprint density at radius 3 is 1.54 bits per heavy atom. The summed E-state index contributed by atoms with van der Waals surface area (Å²) in [6.45, 7) is 3.96. The molecule has 124 valence electrons. The first-order valence-electron chi connectivity index (χ1n) is 8.02. The van der Waals surface area contributed by atoms with Crippen molar-refractivity contribution < 1.29 is 23.7 Å². The van der Waals surface area contributed by atoms with Crippen molar-refractivity contribution in [1.29, 1.82) is 0 Å². The largest absolute Gasteiger partial charge is 0.519 e. The summed E-state index contributed by atoms with van der Waals surface area (Å²) >= 11 is 0. The highest BCUT2D eigenvalue weighted by Crippen LogP contribution is 2.43. The lowest BCUT2D eigenvalue weighted by Crippen LogP contribution is -2.15. The zero-order valence-electron chi connectivity index (χ0n) is 13.5. The minimum atomic E-state index is -0.767. The summed E-state index contributed by atoms with van der Waals surface area (Å²) in [6.07, 6.45) is -0.541. The van der Waals surface area contributed by atoms with Gasteiger partial charge in [0.25, 0.3) is 0 Å². The van der Waals surface area contributed by atoms with Crippen molar-refractivity contribution in [1.82, 2.24) is 0 Å². The van der Waals surface area contributed by atoms with Gasteiger partial charge >= 0.3 is 6.16 Å². The van der Waals surface area contributed by atoms with E-state index >= 15 is 0 Å². The number of hydrogen-bond donors (Lipinski definition) is 0. The number of epoxide rings is 2. The standard InChI is InChI=1S/C19H18O5/c1-11-17(21-11)13-7-3-5-9-15(13)23-19(20)24-16-10-6-4-8-14(16)18-12(2)22-18/h3-12,17-18H,1-2H3. The summed E-state index contributed by atoms with van der Waals surface area (Å²) in [4.78, 5) is 12.2. The molecule has 0 amide bonds. The van der Waals surface area contributed by atoms with Crippen LogP contribution in [0.2, 0.25) is 0 Å². The van der Waals surface area contributed by atoms with Gasteiger partial charge in [0, 0.05) is 11.1 Å². The van der Waals surface area contributed by atoms with E-state index in [1.54, 1.807) is 12.1 Å². The van der Waals surface area contributed by atoms with Gasteiger partial charge in [-0.2, -0.15) is 0 Å². The predicted octanol–water partition coefficient (Wildman–Crippen LogP) is 4.18. The Morgan fingerprint density at radius 2 is 1.17 bits per heavy atom. The molecule has 4 rings (SSSR count). The second-order valence-electron chi connectivity index (χ2n) is 6.05. The van der Waals surface area contributed by atoms with Gasteiger partial charge in [0.2, 0.25) is 0 Å². The van der Waals surface area contributed by atoms with Crippen molar-refractivity contribution in [2.45, 2.75) is 38.3 Å². The quantitative estimate of drug-likeness (QED) is 0.479. The van der Waals surface area contributed by atoms with Gasteiger partial charge in [-0.15, -0.1) is 0 Å². The van der Waals surface area contributed by atoms with Crippen LogP contribution >= 0.6 is 0 Å². The number of benzene rings is 2. The molecule has 2 saturated heterocycles. The molecule has 0 N–H and O–H groups in total. The van der Waals surface area contributed by atoms with E-state index in [1.807, 2.05) is 50.2 Å². The van der Waals surface area contributed by atoms with Crippen LogP contribution in [0.25, 0.3) is 0 Å². The lowest BCUT2D eigenvalue weighted by Gasteiger charge is -2.10. The van der Waals surface area contributed by atoms with Gasteiger partial charge in [-0.1, -0.05) is 36.4 Å². The Morgan fingerprint density at radius 1 is 0.792 bits per heavy atom. The first-order valence-corrected chi connectivity index (χ1v) is 8.02. The molecule has 0 aliphatic carbocycles. The summed E-state index contributed by atoms with van der Waals surface area (Å²) in [7, 11) is 0. The van der Waals surface area contributed by atoms with E-state index in [1.165, 1.54) is 0 Å². The number of carbonyl (C=O) groups excluding carboxylic acids is 1. The van der Waals surface area contributed by atoms with E-state index in [-0.39, 0.29) is 24.4 Å². The molecule has 0 spiro atoms. The fourth-order valence-electron chi connectivity index (χ4n) is 2.84. The minimum absolute atomic E-state index is 0.0259. The smallest absolute Gasteiger partial charge is 0.394 e. The maximum absolute atomic E-state index is 12.2. The molecular weight excluding hydrogens is 308 g/mol. The molecule has 0 aromatic heterocycles. The van der Waals surface area contributed by atoms with E-state index in [2.05, 4.69) is 0 Å². The average molecular weight is 326 g/mol. The second-order valence-corrected chi connectivity index (χ2v) is 6.05. The molecule has 2 fully saturated rings. The third-order valence-electron chi connectivity index (χ3n) is 4.26. The third-order valence-corrected chi connectivity index (χ3v) is 4.26. The maximum Gasteiger partial charge on any atom is 0.519 e. The van der Waals surface area contributed by atoms with E-state index in [0.717, 1.165) is 11.1 Å². The topological polar surface area (TPSA) is 60.6 Å². The van der Waals surface area contributed by atoms with E-state index in [4.69, 9.17) is 18.9 Å². The number of rotatable bonds is 4. The van der Waals surface area contributed by atoms with Crippen molar-refractivity contribution in [3.8, 4) is 11.5 Å². The monoisotopic (exact) mass is 326 g/mol. The fraction of sp³-hybridized carbons (Fsp3) is 0.316. The van der Waals surface area contributed by atoms with E-state index in [9.17, 15) is 4.79 Å². The molecule has 2 aromatic rings. The Kier molecular flexibility index (Phi) is 3.75. The zero-order chi connectivity index (χ0) is 16.7. The summed E-state index contributed by atoms with van der Waals surface area (Å²) in [6, 6.07) is 14.7. The van der Waals surface area contributed by atoms with Gasteiger partial charge in [0.15, 0.2) is 0 Å². The molecule has 5 heteroatoms. The van der Waals surface area contributed by atoms with Crippen molar-refractivity contribution >= 4 is 6.16 Å². The second kappa shape index (κ2) is 5.92. The minimum Gasteiger partial charge on any atom is -0.394 e. The highest BCUT2D eigenvalue weighted by molar-refractivity contribution is 5.68. The number of para-hydroxylation sites is 2. The van der Waals surface area contributed by atoms with Crippen LogP contribution in [0, 0.1) is 0 Å². The summed E-state index contributed by atoms with van der Waals surface area (Å²) in [5.74, 6) is 0.927. The third kappa shape index (κ3) is 3.00. The molecule has 2 aromatic carbocycles. The van der Waals surface area contributed by atoms with E-state index in [0.29, 0.717) is 11.5 Å². The molecule has 4 atom stereocenters. The Labute approximate surface area is 140 Å². The maximum atomic E-state index is 12.2. The fourth-order valence-corrected chi connectivity index (χ4v) is 2.84. The number of hydrogen-bond acceptors (Lipinski definition) is 5. The summed E-state index contributed by atoms with van der Waals surface area (Å²) in [5.41, 5.74) is 1.71. The van der Waals surface area contributed by atoms with Crippen LogP contribution in [0.15, 0.2) is 48.5 Å². The first kappa shape index (κ1) is 15.2. The van der Waals surface area contributed by atoms with Gasteiger partial charge < -0.3 is 18.9 Å². The van der Waals surface area contributed by atoms with Gasteiger partial charge in [-0.05, 0) is 26.0 Å². The van der Waals surface area contributed by atoms with Gasteiger partial charge in [-0.3, -0.25) is 0 Å². The van der Waals surface area contributed by atoms with Crippen LogP contribution in [0.3, 0.4) is 0 Å². The highest BCUT2D eigenvalue weighted by Gasteiger charge is 2.39. The molecule has 24 heavy (non-hydrogen) atoms. The zero-order valence-corrected chi connectivity index (χ0v) is 13.5. The highest BCUT2D eigenvalue weighted by atomic mass is 16.7. The van der Waals surface area contributed by atoms with Gasteiger partial charge in [-0.25, -0.2) is 4.79 Å². The molecule has 2 aliphatic heterocycles. The molecule has 2 heterocycles. The Bertz CT molecular complexity index is 708. The Balaban J connectivity index is 1.49. The van der Waals surface area contributed by atoms with Crippen LogP contribution in [-0.4, -0.2) is 18.4 Å². The number of carbonyl (C=O) groups is 1. The van der Waals surface area contributed by atoms with Crippen LogP contribution < -0.4 is 9.47 Å². The molecule has 4 unspecified atom stereocenters. The molecule has 2 aliphatic rings. The SMILES string of the molecule is CC1OC1c1ccccc1OC(=O)Oc1ccccc1C1OC1C. The van der Waals surface area contributed by atoms with Crippen LogP contribution in [0.1, 0.15) is 37.2 Å². The molecule has 0 bridgehead atoms. The lowest BCUT2D eigenvalue weighted by molar-refractivity contribution is 0.150. The van der Waals surface area contributed by atoms with Crippen molar-refractivity contribution in [3.63, 3.8) is 0 Å². The Hall–Kier alpha value is -2.37. The molecule has 0 radical (unpaired) electrons. The van der Waals surface area contributed by atoms with Crippen LogP contribution in [-0.2, 0) is 9.47 Å². The van der Waals surface area contributed by atoms with Crippen molar-refractivity contribution in [2.24, 2.45) is 0 Å². The van der Waals surface area contributed by atoms with Crippen LogP contribution in [0.5, 0.6) is 11.5 Å². The predicted molar refractivity (Wildman–Crippen MR) is 86.1 cm³/mol. The van der Waals surface area contributed by atoms with Gasteiger partial charge in [0.05, 0.1) is 12.2 Å². The molecule has 0 saturated carbocycles. The lowest BCUT2D eigenvalue weighted by atomic mass is 10.1. The first-order chi connectivity index (χ1) is 11.6. The van der Waals surface area contributed by atoms with Gasteiger partial charge in [0.1, 0.15) is 23.7 Å².